The lowest BCUT2D eigenvalue weighted by molar-refractivity contribution is -0.134. The summed E-state index contributed by atoms with van der Waals surface area (Å²) >= 11 is 0. The van der Waals surface area contributed by atoms with Gasteiger partial charge in [0.2, 0.25) is 0 Å². The van der Waals surface area contributed by atoms with E-state index in [-0.39, 0.29) is 0 Å². The highest BCUT2D eigenvalue weighted by molar-refractivity contribution is 7.89. The van der Waals surface area contributed by atoms with Crippen molar-refractivity contribution in [2.24, 2.45) is 0 Å². The van der Waals surface area contributed by atoms with Gasteiger partial charge < -0.3 is 10.2 Å². The topological polar surface area (TPSA) is 57.5 Å². The van der Waals surface area contributed by atoms with E-state index in [2.05, 4.69) is 58.9 Å². The normalized spacial score (nSPS) is 13.6. The molecule has 0 aromatic carbocycles. The average Bonchev–Trinajstić information content (AvgIpc) is 2.06. The molecule has 0 saturated heterocycles. The average molecular weight is 353 g/mol. The van der Waals surface area contributed by atoms with Crippen molar-refractivity contribution in [1.82, 2.24) is 0 Å². The Morgan fingerprint density at radius 3 is 1.05 bits per heavy atom. The van der Waals surface area contributed by atoms with E-state index < -0.39 is 35.4 Å². The zero-order valence-electron chi connectivity index (χ0n) is 15.2. The van der Waals surface area contributed by atoms with Crippen molar-refractivity contribution < 1.29 is 15.0 Å². The largest absolute Gasteiger partial charge is 0.481 e. The SMILES string of the molecule is CC(=O)O.C[Si](C)(C)[Si](CCO)([Si](C)(C)C)[Si](C)(C)C. The molecule has 0 aromatic heterocycles. The van der Waals surface area contributed by atoms with Gasteiger partial charge in [-0.25, -0.2) is 0 Å². The number of carboxylic acids is 1. The van der Waals surface area contributed by atoms with Crippen LogP contribution in [0.25, 0.3) is 0 Å². The second-order valence-corrected chi connectivity index (χ2v) is 50.1. The smallest absolute Gasteiger partial charge is 0.300 e. The van der Waals surface area contributed by atoms with E-state index in [1.54, 1.807) is 0 Å². The molecule has 0 aliphatic carbocycles. The predicted octanol–water partition coefficient (Wildman–Crippen LogP) is 3.77. The van der Waals surface area contributed by atoms with Crippen molar-refractivity contribution in [2.45, 2.75) is 71.9 Å². The molecule has 3 nitrogen and oxygen atoms in total. The minimum atomic E-state index is -1.23. The van der Waals surface area contributed by atoms with Crippen LogP contribution in [0.3, 0.4) is 0 Å². The van der Waals surface area contributed by atoms with Crippen LogP contribution in [-0.2, 0) is 4.79 Å². The first-order chi connectivity index (χ1) is 8.54. The third-order valence-corrected chi connectivity index (χ3v) is 78.8. The van der Waals surface area contributed by atoms with Crippen molar-refractivity contribution in [3.8, 4) is 0 Å². The first kappa shape index (κ1) is 22.6. The molecule has 0 bridgehead atoms. The molecule has 122 valence electrons. The molecule has 0 radical (unpaired) electrons. The summed E-state index contributed by atoms with van der Waals surface area (Å²) in [5, 5.41) is 17.0. The van der Waals surface area contributed by atoms with Crippen LogP contribution in [0.1, 0.15) is 6.92 Å². The van der Waals surface area contributed by atoms with Crippen LogP contribution in [0.4, 0.5) is 0 Å². The highest BCUT2D eigenvalue weighted by Crippen LogP contribution is 2.39. The molecule has 0 atom stereocenters. The molecule has 0 rings (SSSR count). The summed E-state index contributed by atoms with van der Waals surface area (Å²) in [6, 6.07) is 1.19. The zero-order valence-corrected chi connectivity index (χ0v) is 19.2. The van der Waals surface area contributed by atoms with Gasteiger partial charge in [-0.2, -0.15) is 0 Å². The van der Waals surface area contributed by atoms with Crippen molar-refractivity contribution >= 4 is 35.4 Å². The molecule has 0 spiro atoms. The Balaban J connectivity index is 0. The van der Waals surface area contributed by atoms with Gasteiger partial charge in [0, 0.05) is 42.9 Å². The Labute approximate surface area is 129 Å². The first-order valence-electron chi connectivity index (χ1n) is 7.35. The maximum Gasteiger partial charge on any atom is 0.300 e. The molecular formula is C13H36O3Si4. The minimum absolute atomic E-state index is 0.436. The maximum absolute atomic E-state index is 9.59. The van der Waals surface area contributed by atoms with Crippen LogP contribution in [0, 0.1) is 0 Å². The number of aliphatic hydroxyl groups excluding tert-OH is 1. The number of hydrogen-bond donors (Lipinski definition) is 2. The second-order valence-electron chi connectivity index (χ2n) is 8.65. The van der Waals surface area contributed by atoms with Gasteiger partial charge in [-0.05, 0) is 6.04 Å². The maximum atomic E-state index is 9.59. The van der Waals surface area contributed by atoms with E-state index in [1.807, 2.05) is 0 Å². The molecule has 20 heavy (non-hydrogen) atoms. The minimum Gasteiger partial charge on any atom is -0.481 e. The number of aliphatic carboxylic acids is 1. The highest BCUT2D eigenvalue weighted by Gasteiger charge is 2.60. The Kier molecular flexibility index (Phi) is 8.50. The molecule has 0 amide bonds. The van der Waals surface area contributed by atoms with Gasteiger partial charge in [0.1, 0.15) is 0 Å². The Morgan fingerprint density at radius 1 is 0.800 bits per heavy atom. The van der Waals surface area contributed by atoms with E-state index in [1.165, 1.54) is 6.04 Å². The summed E-state index contributed by atoms with van der Waals surface area (Å²) in [7, 11) is -3.38. The Bertz CT molecular complexity index is 271. The number of carbonyl (C=O) groups is 1. The summed E-state index contributed by atoms with van der Waals surface area (Å²) in [4.78, 5) is 9.00. The van der Waals surface area contributed by atoms with Crippen molar-refractivity contribution in [3.63, 3.8) is 0 Å². The van der Waals surface area contributed by atoms with Crippen LogP contribution in [-0.4, -0.2) is 52.2 Å². The van der Waals surface area contributed by atoms with Crippen molar-refractivity contribution in [2.75, 3.05) is 6.61 Å². The molecule has 0 unspecified atom stereocenters. The van der Waals surface area contributed by atoms with Crippen molar-refractivity contribution in [3.05, 3.63) is 0 Å². The summed E-state index contributed by atoms with van der Waals surface area (Å²) < 4.78 is 0. The molecule has 0 aliphatic heterocycles. The van der Waals surface area contributed by atoms with Gasteiger partial charge in [-0.1, -0.05) is 58.9 Å². The van der Waals surface area contributed by atoms with E-state index >= 15 is 0 Å². The van der Waals surface area contributed by atoms with E-state index in [4.69, 9.17) is 9.90 Å². The quantitative estimate of drug-likeness (QED) is 0.740. The van der Waals surface area contributed by atoms with E-state index in [9.17, 15) is 5.11 Å². The van der Waals surface area contributed by atoms with Gasteiger partial charge in [-0.3, -0.25) is 4.79 Å². The van der Waals surface area contributed by atoms with Gasteiger partial charge in [-0.15, -0.1) is 0 Å². The van der Waals surface area contributed by atoms with E-state index in [0.717, 1.165) is 6.92 Å². The molecule has 0 saturated carbocycles. The van der Waals surface area contributed by atoms with Crippen LogP contribution in [0.2, 0.25) is 65.0 Å². The summed E-state index contributed by atoms with van der Waals surface area (Å²) in [5.74, 6) is -0.833. The third kappa shape index (κ3) is 5.59. The standard InChI is InChI=1S/C11H32OSi4.C2H4O2/c1-13(2,3)16(11-10-12,14(4,5)6)15(7,8)9;1-2(3)4/h12H,10-11H2,1-9H3;1H3,(H,3,4). The fourth-order valence-electron chi connectivity index (χ4n) is 4.67. The molecular weight excluding hydrogens is 316 g/mol. The van der Waals surface area contributed by atoms with E-state index in [0.29, 0.717) is 6.61 Å². The number of rotatable bonds is 5. The lowest BCUT2D eigenvalue weighted by Crippen LogP contribution is -2.82. The van der Waals surface area contributed by atoms with Crippen LogP contribution in [0.5, 0.6) is 0 Å². The molecule has 2 N–H and O–H groups in total. The summed E-state index contributed by atoms with van der Waals surface area (Å²) in [6.07, 6.45) is 0. The van der Waals surface area contributed by atoms with Crippen LogP contribution >= 0.6 is 0 Å². The molecule has 0 aliphatic rings. The third-order valence-electron chi connectivity index (χ3n) is 4.33. The van der Waals surface area contributed by atoms with Crippen LogP contribution < -0.4 is 0 Å². The molecule has 0 heterocycles. The Morgan fingerprint density at radius 2 is 1.00 bits per heavy atom. The van der Waals surface area contributed by atoms with Gasteiger partial charge in [0.25, 0.3) is 5.97 Å². The molecule has 0 aromatic rings. The lowest BCUT2D eigenvalue weighted by Gasteiger charge is -2.57. The van der Waals surface area contributed by atoms with Gasteiger partial charge in [0.05, 0.1) is 0 Å². The monoisotopic (exact) mass is 352 g/mol. The fraction of sp³-hybridized carbons (Fsp3) is 0.923. The number of aliphatic hydroxyl groups is 1. The first-order valence-corrected chi connectivity index (χ1v) is 23.1. The fourth-order valence-corrected chi connectivity index (χ4v) is 103. The zero-order chi connectivity index (χ0) is 17.0. The van der Waals surface area contributed by atoms with Gasteiger partial charge >= 0.3 is 0 Å². The molecule has 0 fully saturated rings. The van der Waals surface area contributed by atoms with Gasteiger partial charge in [0.15, 0.2) is 0 Å². The van der Waals surface area contributed by atoms with Crippen molar-refractivity contribution in [1.29, 1.82) is 0 Å². The summed E-state index contributed by atoms with van der Waals surface area (Å²) in [5.41, 5.74) is 0. The molecule has 7 heteroatoms. The Hall–Kier alpha value is 0.298. The number of carboxylic acid groups (broad SMARTS) is 1. The summed E-state index contributed by atoms with van der Waals surface area (Å²) in [6.45, 7) is 23.5. The van der Waals surface area contributed by atoms with Crippen LogP contribution in [0.15, 0.2) is 0 Å². The number of hydrogen-bond acceptors (Lipinski definition) is 2. The second kappa shape index (κ2) is 7.53. The lowest BCUT2D eigenvalue weighted by atomic mass is 10.9. The predicted molar refractivity (Wildman–Crippen MR) is 101 cm³/mol. The highest BCUT2D eigenvalue weighted by atomic mass is 29.9.